The molecule has 2 aromatic carbocycles. The molecule has 0 saturated heterocycles. The lowest BCUT2D eigenvalue weighted by Crippen LogP contribution is -2.48. The number of thiophene rings is 1. The summed E-state index contributed by atoms with van der Waals surface area (Å²) in [5, 5.41) is 2.08. The Kier molecular flexibility index (Phi) is 8.64. The third kappa shape index (κ3) is 6.12. The highest BCUT2D eigenvalue weighted by Crippen LogP contribution is 2.35. The van der Waals surface area contributed by atoms with Crippen LogP contribution >= 0.6 is 11.3 Å². The molecule has 1 aromatic heterocycles. The van der Waals surface area contributed by atoms with E-state index in [0.717, 1.165) is 24.2 Å². The van der Waals surface area contributed by atoms with Gasteiger partial charge in [0.05, 0.1) is 6.04 Å². The van der Waals surface area contributed by atoms with Gasteiger partial charge < -0.3 is 24.0 Å². The topological polar surface area (TPSA) is 68.3 Å². The lowest BCUT2D eigenvalue weighted by Gasteiger charge is -2.37. The zero-order valence-corrected chi connectivity index (χ0v) is 24.5. The minimum absolute atomic E-state index is 0.0106. The van der Waals surface area contributed by atoms with Gasteiger partial charge in [0, 0.05) is 23.5 Å². The SMILES string of the molecule is CC[C@H](C)CN(CC(=O)N1CCc2sccc2[C@H]1COc1ccc(C(C)C)cc1)C(=O)c1ccc2c(c1)OCO2. The second-order valence-corrected chi connectivity index (χ2v) is 12.0. The molecule has 0 radical (unpaired) electrons. The van der Waals surface area contributed by atoms with Crippen molar-refractivity contribution in [3.63, 3.8) is 0 Å². The van der Waals surface area contributed by atoms with Gasteiger partial charge in [-0.3, -0.25) is 9.59 Å². The number of carbonyl (C=O) groups is 2. The smallest absolute Gasteiger partial charge is 0.254 e. The molecule has 0 saturated carbocycles. The Morgan fingerprint density at radius 2 is 1.85 bits per heavy atom. The fourth-order valence-electron chi connectivity index (χ4n) is 5.19. The van der Waals surface area contributed by atoms with Crippen LogP contribution in [0.3, 0.4) is 0 Å². The Hall–Kier alpha value is -3.52. The molecule has 212 valence electrons. The normalized spacial score (nSPS) is 16.5. The van der Waals surface area contributed by atoms with Gasteiger partial charge in [-0.2, -0.15) is 0 Å². The summed E-state index contributed by atoms with van der Waals surface area (Å²) < 4.78 is 17.1. The van der Waals surface area contributed by atoms with Crippen molar-refractivity contribution < 1.29 is 23.8 Å². The number of amides is 2. The van der Waals surface area contributed by atoms with Gasteiger partial charge in [-0.05, 0) is 71.2 Å². The minimum atomic E-state index is -0.210. The van der Waals surface area contributed by atoms with Crippen LogP contribution in [-0.4, -0.2) is 54.6 Å². The quantitative estimate of drug-likeness (QED) is 0.290. The summed E-state index contributed by atoms with van der Waals surface area (Å²) in [4.78, 5) is 32.5. The van der Waals surface area contributed by atoms with Gasteiger partial charge >= 0.3 is 0 Å². The first-order valence-corrected chi connectivity index (χ1v) is 15.0. The molecule has 7 nitrogen and oxygen atoms in total. The van der Waals surface area contributed by atoms with Crippen LogP contribution in [0.25, 0.3) is 0 Å². The van der Waals surface area contributed by atoms with Crippen molar-refractivity contribution in [3.05, 3.63) is 75.5 Å². The molecule has 0 bridgehead atoms. The fraction of sp³-hybridized carbons (Fsp3) is 0.438. The Bertz CT molecular complexity index is 1340. The van der Waals surface area contributed by atoms with Gasteiger partial charge in [-0.1, -0.05) is 46.2 Å². The molecule has 2 aliphatic rings. The van der Waals surface area contributed by atoms with Crippen LogP contribution < -0.4 is 14.2 Å². The van der Waals surface area contributed by atoms with Crippen molar-refractivity contribution in [3.8, 4) is 17.2 Å². The lowest BCUT2D eigenvalue weighted by atomic mass is 10.00. The maximum atomic E-state index is 13.9. The first-order chi connectivity index (χ1) is 19.3. The van der Waals surface area contributed by atoms with E-state index < -0.39 is 0 Å². The Labute approximate surface area is 240 Å². The Balaban J connectivity index is 1.34. The maximum Gasteiger partial charge on any atom is 0.254 e. The fourth-order valence-corrected chi connectivity index (χ4v) is 6.12. The molecule has 3 aromatic rings. The average molecular weight is 563 g/mol. The molecular formula is C32H38N2O5S. The number of hydrogen-bond donors (Lipinski definition) is 0. The van der Waals surface area contributed by atoms with E-state index in [4.69, 9.17) is 14.2 Å². The van der Waals surface area contributed by atoms with Gasteiger partial charge in [0.15, 0.2) is 11.5 Å². The number of carbonyl (C=O) groups excluding carboxylic acids is 2. The second kappa shape index (κ2) is 12.3. The zero-order chi connectivity index (χ0) is 28.2. The molecule has 0 N–H and O–H groups in total. The number of rotatable bonds is 10. The van der Waals surface area contributed by atoms with E-state index in [1.807, 2.05) is 17.0 Å². The van der Waals surface area contributed by atoms with E-state index in [9.17, 15) is 9.59 Å². The van der Waals surface area contributed by atoms with Crippen LogP contribution in [0.15, 0.2) is 53.9 Å². The van der Waals surface area contributed by atoms with Crippen LogP contribution in [0.5, 0.6) is 17.2 Å². The predicted molar refractivity (Wildman–Crippen MR) is 156 cm³/mol. The molecule has 2 aliphatic heterocycles. The summed E-state index contributed by atoms with van der Waals surface area (Å²) in [6.07, 6.45) is 1.72. The third-order valence-corrected chi connectivity index (χ3v) is 8.83. The average Bonchev–Trinajstić information content (AvgIpc) is 3.64. The van der Waals surface area contributed by atoms with E-state index in [0.29, 0.717) is 42.7 Å². The van der Waals surface area contributed by atoms with Gasteiger partial charge in [0.25, 0.3) is 5.91 Å². The zero-order valence-electron chi connectivity index (χ0n) is 23.7. The number of benzene rings is 2. The third-order valence-electron chi connectivity index (χ3n) is 7.83. The van der Waals surface area contributed by atoms with Crippen LogP contribution in [-0.2, 0) is 11.2 Å². The number of nitrogens with zero attached hydrogens (tertiary/aromatic N) is 2. The van der Waals surface area contributed by atoms with Gasteiger partial charge in [-0.25, -0.2) is 0 Å². The number of ether oxygens (including phenoxy) is 3. The largest absolute Gasteiger partial charge is 0.491 e. The van der Waals surface area contributed by atoms with Crippen molar-refractivity contribution >= 4 is 23.2 Å². The van der Waals surface area contributed by atoms with Gasteiger partial charge in [0.2, 0.25) is 12.7 Å². The molecule has 3 heterocycles. The van der Waals surface area contributed by atoms with Crippen molar-refractivity contribution in [2.24, 2.45) is 5.92 Å². The highest BCUT2D eigenvalue weighted by molar-refractivity contribution is 7.10. The van der Waals surface area contributed by atoms with Gasteiger partial charge in [-0.15, -0.1) is 11.3 Å². The first-order valence-electron chi connectivity index (χ1n) is 14.1. The Morgan fingerprint density at radius 1 is 1.07 bits per heavy atom. The predicted octanol–water partition coefficient (Wildman–Crippen LogP) is 6.29. The van der Waals surface area contributed by atoms with Crippen molar-refractivity contribution in [1.82, 2.24) is 9.80 Å². The molecule has 8 heteroatoms. The van der Waals surface area contributed by atoms with Crippen LogP contribution in [0, 0.1) is 5.92 Å². The maximum absolute atomic E-state index is 13.9. The highest BCUT2D eigenvalue weighted by atomic mass is 32.1. The highest BCUT2D eigenvalue weighted by Gasteiger charge is 2.34. The monoisotopic (exact) mass is 562 g/mol. The second-order valence-electron chi connectivity index (χ2n) is 11.0. The van der Waals surface area contributed by atoms with Crippen molar-refractivity contribution in [2.45, 2.75) is 52.5 Å². The first kappa shape index (κ1) is 28.0. The molecule has 0 fully saturated rings. The van der Waals surface area contributed by atoms with Crippen LogP contribution in [0.2, 0.25) is 0 Å². The number of hydrogen-bond acceptors (Lipinski definition) is 6. The van der Waals surface area contributed by atoms with Crippen LogP contribution in [0.4, 0.5) is 0 Å². The van der Waals surface area contributed by atoms with Crippen LogP contribution in [0.1, 0.15) is 72.4 Å². The summed E-state index contributed by atoms with van der Waals surface area (Å²) in [7, 11) is 0. The molecule has 0 unspecified atom stereocenters. The lowest BCUT2D eigenvalue weighted by molar-refractivity contribution is -0.135. The molecule has 40 heavy (non-hydrogen) atoms. The van der Waals surface area contributed by atoms with Gasteiger partial charge in [0.1, 0.15) is 18.9 Å². The summed E-state index contributed by atoms with van der Waals surface area (Å²) in [6, 6.07) is 15.3. The van der Waals surface area contributed by atoms with E-state index in [2.05, 4.69) is 51.3 Å². The van der Waals surface area contributed by atoms with Crippen molar-refractivity contribution in [1.29, 1.82) is 0 Å². The summed E-state index contributed by atoms with van der Waals surface area (Å²) >= 11 is 1.73. The van der Waals surface area contributed by atoms with Crippen molar-refractivity contribution in [2.75, 3.05) is 33.0 Å². The van der Waals surface area contributed by atoms with E-state index in [-0.39, 0.29) is 37.1 Å². The van der Waals surface area contributed by atoms with E-state index in [1.54, 1.807) is 34.4 Å². The molecule has 2 amide bonds. The number of fused-ring (bicyclic) bond motifs is 2. The van der Waals surface area contributed by atoms with E-state index in [1.165, 1.54) is 10.4 Å². The standard InChI is InChI=1S/C32H38N2O5S/c1-5-22(4)17-33(32(36)24-8-11-28-29(16-24)39-20-38-28)18-31(35)34-14-12-30-26(13-15-40-30)27(34)19-37-25-9-6-23(7-10-25)21(2)3/h6-11,13,15-16,21-22,27H,5,12,14,17-20H2,1-4H3/t22-,27+/m0/s1. The molecule has 5 rings (SSSR count). The summed E-state index contributed by atoms with van der Waals surface area (Å²) in [5.41, 5.74) is 2.89. The molecular weight excluding hydrogens is 524 g/mol. The molecule has 2 atom stereocenters. The van der Waals surface area contributed by atoms with E-state index >= 15 is 0 Å². The Morgan fingerprint density at radius 3 is 2.60 bits per heavy atom. The summed E-state index contributed by atoms with van der Waals surface area (Å²) in [5.74, 6) is 2.42. The molecule has 0 aliphatic carbocycles. The minimum Gasteiger partial charge on any atom is -0.491 e. The summed E-state index contributed by atoms with van der Waals surface area (Å²) in [6.45, 7) is 10.1. The molecule has 0 spiro atoms.